The highest BCUT2D eigenvalue weighted by atomic mass is 35.5. The summed E-state index contributed by atoms with van der Waals surface area (Å²) < 4.78 is 11.5. The Morgan fingerprint density at radius 3 is 2.61 bits per heavy atom. The van der Waals surface area contributed by atoms with Gasteiger partial charge in [-0.15, -0.1) is 11.3 Å². The number of rotatable bonds is 9. The molecule has 0 fully saturated rings. The molecule has 3 aromatic rings. The number of carbonyl (C=O) groups excluding carboxylic acids is 2. The van der Waals surface area contributed by atoms with Crippen molar-refractivity contribution < 1.29 is 19.1 Å². The normalized spacial score (nSPS) is 14.9. The first kappa shape index (κ1) is 26.0. The number of amides is 2. The van der Waals surface area contributed by atoms with Crippen LogP contribution in [0.15, 0.2) is 60.0 Å². The first-order valence-corrected chi connectivity index (χ1v) is 13.3. The number of methoxy groups -OCH3 is 1. The van der Waals surface area contributed by atoms with E-state index in [9.17, 15) is 9.59 Å². The van der Waals surface area contributed by atoms with E-state index >= 15 is 0 Å². The van der Waals surface area contributed by atoms with Crippen LogP contribution in [0.1, 0.15) is 40.7 Å². The van der Waals surface area contributed by atoms with E-state index in [1.807, 2.05) is 36.9 Å². The third-order valence-electron chi connectivity index (χ3n) is 6.17. The maximum Gasteiger partial charge on any atom is 0.258 e. The molecule has 2 aromatic carbocycles. The zero-order chi connectivity index (χ0) is 25.7. The van der Waals surface area contributed by atoms with Crippen molar-refractivity contribution in [3.8, 4) is 11.5 Å². The summed E-state index contributed by atoms with van der Waals surface area (Å²) in [6, 6.07) is 16.2. The predicted octanol–water partition coefficient (Wildman–Crippen LogP) is 5.71. The highest BCUT2D eigenvalue weighted by Crippen LogP contribution is 2.34. The standard InChI is InChI=1S/C28H31ClN2O4S/c1-19(2)16-30(28(33)23-6-4-5-7-25(23)34-3)17-27(32)31-14-12-26-22(13-15-36-26)24(31)18-35-21-10-8-20(29)9-11-21/h4-11,13,15,19,24H,12,14,16-18H2,1-3H3. The van der Waals surface area contributed by atoms with Crippen LogP contribution in [-0.4, -0.2) is 55.0 Å². The minimum Gasteiger partial charge on any atom is -0.496 e. The topological polar surface area (TPSA) is 59.1 Å². The second kappa shape index (κ2) is 11.8. The molecule has 1 unspecified atom stereocenters. The number of halogens is 1. The van der Waals surface area contributed by atoms with Gasteiger partial charge in [0.15, 0.2) is 0 Å². The van der Waals surface area contributed by atoms with Crippen LogP contribution in [0.3, 0.4) is 0 Å². The lowest BCUT2D eigenvalue weighted by atomic mass is 10.00. The lowest BCUT2D eigenvalue weighted by Crippen LogP contribution is -2.48. The van der Waals surface area contributed by atoms with E-state index in [-0.39, 0.29) is 30.3 Å². The summed E-state index contributed by atoms with van der Waals surface area (Å²) in [7, 11) is 1.54. The van der Waals surface area contributed by atoms with Crippen molar-refractivity contribution in [2.45, 2.75) is 26.3 Å². The fraction of sp³-hybridized carbons (Fsp3) is 0.357. The summed E-state index contributed by atoms with van der Waals surface area (Å²) in [4.78, 5) is 32.0. The molecule has 4 rings (SSSR count). The zero-order valence-corrected chi connectivity index (χ0v) is 22.3. The number of ether oxygens (including phenoxy) is 2. The van der Waals surface area contributed by atoms with Crippen LogP contribution in [0.5, 0.6) is 11.5 Å². The fourth-order valence-electron chi connectivity index (χ4n) is 4.49. The van der Waals surface area contributed by atoms with Crippen molar-refractivity contribution >= 4 is 34.8 Å². The minimum atomic E-state index is -0.231. The van der Waals surface area contributed by atoms with Gasteiger partial charge in [-0.2, -0.15) is 0 Å². The van der Waals surface area contributed by atoms with Gasteiger partial charge >= 0.3 is 0 Å². The summed E-state index contributed by atoms with van der Waals surface area (Å²) in [5.41, 5.74) is 1.56. The van der Waals surface area contributed by atoms with Crippen molar-refractivity contribution in [1.29, 1.82) is 0 Å². The highest BCUT2D eigenvalue weighted by molar-refractivity contribution is 7.10. The number of hydrogen-bond acceptors (Lipinski definition) is 5. The zero-order valence-electron chi connectivity index (χ0n) is 20.8. The third kappa shape index (κ3) is 6.02. The second-order valence-corrected chi connectivity index (χ2v) is 10.6. The first-order valence-electron chi connectivity index (χ1n) is 12.0. The Morgan fingerprint density at radius 1 is 1.14 bits per heavy atom. The Labute approximate surface area is 221 Å². The van der Waals surface area contributed by atoms with E-state index in [4.69, 9.17) is 21.1 Å². The second-order valence-electron chi connectivity index (χ2n) is 9.20. The van der Waals surface area contributed by atoms with E-state index < -0.39 is 0 Å². The van der Waals surface area contributed by atoms with E-state index in [1.165, 1.54) is 4.88 Å². The van der Waals surface area contributed by atoms with E-state index in [0.717, 1.165) is 12.0 Å². The maximum absolute atomic E-state index is 13.7. The van der Waals surface area contributed by atoms with Crippen LogP contribution < -0.4 is 9.47 Å². The van der Waals surface area contributed by atoms with Gasteiger partial charge in [0.2, 0.25) is 5.91 Å². The largest absolute Gasteiger partial charge is 0.496 e. The number of hydrogen-bond donors (Lipinski definition) is 0. The van der Waals surface area contributed by atoms with Gasteiger partial charge in [-0.3, -0.25) is 9.59 Å². The Bertz CT molecular complexity index is 1190. The van der Waals surface area contributed by atoms with E-state index in [0.29, 0.717) is 41.8 Å². The lowest BCUT2D eigenvalue weighted by Gasteiger charge is -2.37. The Hall–Kier alpha value is -3.03. The highest BCUT2D eigenvalue weighted by Gasteiger charge is 2.34. The number of benzene rings is 2. The molecule has 0 spiro atoms. The van der Waals surface area contributed by atoms with Gasteiger partial charge < -0.3 is 19.3 Å². The molecule has 0 saturated heterocycles. The van der Waals surface area contributed by atoms with Crippen molar-refractivity contribution in [2.24, 2.45) is 5.92 Å². The molecule has 1 aliphatic heterocycles. The number of thiophene rings is 1. The number of nitrogens with zero attached hydrogens (tertiary/aromatic N) is 2. The number of para-hydroxylation sites is 1. The molecular formula is C28H31ClN2O4S. The van der Waals surface area contributed by atoms with Crippen molar-refractivity contribution in [3.63, 3.8) is 0 Å². The van der Waals surface area contributed by atoms with Gasteiger partial charge in [0.1, 0.15) is 24.7 Å². The van der Waals surface area contributed by atoms with Crippen LogP contribution in [0.2, 0.25) is 5.02 Å². The number of fused-ring (bicyclic) bond motifs is 1. The summed E-state index contributed by atoms with van der Waals surface area (Å²) in [6.45, 7) is 5.43. The summed E-state index contributed by atoms with van der Waals surface area (Å²) in [6.07, 6.45) is 0.792. The molecule has 2 amide bonds. The van der Waals surface area contributed by atoms with Crippen LogP contribution in [-0.2, 0) is 11.2 Å². The van der Waals surface area contributed by atoms with Gasteiger partial charge in [-0.05, 0) is 65.7 Å². The van der Waals surface area contributed by atoms with Crippen molar-refractivity contribution in [2.75, 3.05) is 33.4 Å². The van der Waals surface area contributed by atoms with Crippen LogP contribution in [0.4, 0.5) is 0 Å². The van der Waals surface area contributed by atoms with Gasteiger partial charge in [-0.25, -0.2) is 0 Å². The monoisotopic (exact) mass is 526 g/mol. The quantitative estimate of drug-likeness (QED) is 0.358. The van der Waals surface area contributed by atoms with E-state index in [1.54, 1.807) is 53.7 Å². The molecule has 6 nitrogen and oxygen atoms in total. The third-order valence-corrected chi connectivity index (χ3v) is 7.42. The molecule has 0 aliphatic carbocycles. The molecule has 2 heterocycles. The number of carbonyl (C=O) groups is 2. The average Bonchev–Trinajstić information content (AvgIpc) is 3.36. The van der Waals surface area contributed by atoms with Gasteiger partial charge in [0, 0.05) is 23.0 Å². The molecule has 0 saturated carbocycles. The smallest absolute Gasteiger partial charge is 0.258 e. The average molecular weight is 527 g/mol. The lowest BCUT2D eigenvalue weighted by molar-refractivity contribution is -0.135. The van der Waals surface area contributed by atoms with Crippen molar-refractivity contribution in [1.82, 2.24) is 9.80 Å². The molecule has 0 N–H and O–H groups in total. The summed E-state index contributed by atoms with van der Waals surface area (Å²) in [5.74, 6) is 1.09. The van der Waals surface area contributed by atoms with Gasteiger partial charge in [-0.1, -0.05) is 37.6 Å². The Kier molecular flexibility index (Phi) is 8.54. The van der Waals surface area contributed by atoms with Crippen LogP contribution in [0.25, 0.3) is 0 Å². The maximum atomic E-state index is 13.7. The molecule has 36 heavy (non-hydrogen) atoms. The molecule has 1 aromatic heterocycles. The van der Waals surface area contributed by atoms with Crippen LogP contribution in [0, 0.1) is 5.92 Å². The molecule has 8 heteroatoms. The molecule has 190 valence electrons. The summed E-state index contributed by atoms with van der Waals surface area (Å²) in [5, 5.41) is 2.70. The predicted molar refractivity (Wildman–Crippen MR) is 143 cm³/mol. The van der Waals surface area contributed by atoms with Crippen LogP contribution >= 0.6 is 22.9 Å². The van der Waals surface area contributed by atoms with E-state index in [2.05, 4.69) is 11.4 Å². The SMILES string of the molecule is COc1ccccc1C(=O)N(CC(=O)N1CCc2sccc2C1COc1ccc(Cl)cc1)CC(C)C. The molecular weight excluding hydrogens is 496 g/mol. The van der Waals surface area contributed by atoms with Gasteiger partial charge in [0.25, 0.3) is 5.91 Å². The molecule has 1 atom stereocenters. The first-order chi connectivity index (χ1) is 17.4. The molecule has 1 aliphatic rings. The summed E-state index contributed by atoms with van der Waals surface area (Å²) >= 11 is 7.71. The Morgan fingerprint density at radius 2 is 1.89 bits per heavy atom. The molecule has 0 bridgehead atoms. The van der Waals surface area contributed by atoms with Crippen molar-refractivity contribution in [3.05, 3.63) is 81.0 Å². The fourth-order valence-corrected chi connectivity index (χ4v) is 5.54. The minimum absolute atomic E-state index is 0.00796. The van der Waals surface area contributed by atoms with Gasteiger partial charge in [0.05, 0.1) is 18.7 Å². The Balaban J connectivity index is 1.55. The molecule has 0 radical (unpaired) electrons.